The van der Waals surface area contributed by atoms with Crippen LogP contribution in [-0.4, -0.2) is 41.0 Å². The summed E-state index contributed by atoms with van der Waals surface area (Å²) >= 11 is 0.933. The third-order valence-corrected chi connectivity index (χ3v) is 7.37. The van der Waals surface area contributed by atoms with Crippen LogP contribution in [0.4, 0.5) is 8.78 Å². The number of rotatable bonds is 5. The summed E-state index contributed by atoms with van der Waals surface area (Å²) in [7, 11) is 0.271. The summed E-state index contributed by atoms with van der Waals surface area (Å²) in [5.41, 5.74) is -0.0144. The molecule has 13 heteroatoms. The number of alkyl halides is 2. The van der Waals surface area contributed by atoms with Crippen LogP contribution >= 0.6 is 11.3 Å². The van der Waals surface area contributed by atoms with Gasteiger partial charge in [0.2, 0.25) is 0 Å². The van der Waals surface area contributed by atoms with Crippen LogP contribution in [0.25, 0.3) is 32.6 Å². The second-order valence-corrected chi connectivity index (χ2v) is 9.82. The van der Waals surface area contributed by atoms with Crippen molar-refractivity contribution in [2.24, 2.45) is 7.05 Å². The molecule has 1 atom stereocenters. The summed E-state index contributed by atoms with van der Waals surface area (Å²) < 4.78 is 45.6. The van der Waals surface area contributed by atoms with Gasteiger partial charge in [0.15, 0.2) is 9.99 Å². The third-order valence-electron chi connectivity index (χ3n) is 5.01. The molecule has 3 heterocycles. The van der Waals surface area contributed by atoms with Crippen LogP contribution in [0.3, 0.4) is 0 Å². The minimum absolute atomic E-state index is 0.0337. The lowest BCUT2D eigenvalue weighted by Gasteiger charge is -2.12. The molecule has 2 aromatic carbocycles. The summed E-state index contributed by atoms with van der Waals surface area (Å²) in [4.78, 5) is 31.3. The Kier molecular flexibility index (Phi) is 5.37. The van der Waals surface area contributed by atoms with Crippen LogP contribution in [-0.2, 0) is 17.8 Å². The number of aryl methyl sites for hydroxylation is 1. The van der Waals surface area contributed by atoms with Gasteiger partial charge in [0.1, 0.15) is 10.4 Å². The van der Waals surface area contributed by atoms with E-state index in [4.69, 9.17) is 0 Å². The molecule has 5 rings (SSSR count). The van der Waals surface area contributed by atoms with E-state index in [1.807, 2.05) is 0 Å². The first kappa shape index (κ1) is 22.1. The van der Waals surface area contributed by atoms with Gasteiger partial charge >= 0.3 is 12.3 Å². The van der Waals surface area contributed by atoms with Gasteiger partial charge in [-0.05, 0) is 42.5 Å². The van der Waals surface area contributed by atoms with E-state index >= 15 is 0 Å². The Hall–Kier alpha value is -3.71. The van der Waals surface area contributed by atoms with Gasteiger partial charge in [-0.3, -0.25) is 13.7 Å². The molecule has 0 spiro atoms. The van der Waals surface area contributed by atoms with E-state index in [1.165, 1.54) is 35.1 Å². The number of ether oxygens (including phenoxy) is 1. The van der Waals surface area contributed by atoms with E-state index in [9.17, 15) is 22.6 Å². The monoisotopic (exact) mass is 503 g/mol. The number of nitrogens with zero attached hydrogens (tertiary/aromatic N) is 5. The lowest BCUT2D eigenvalue weighted by molar-refractivity contribution is -0.0498. The molecule has 0 aliphatic rings. The van der Waals surface area contributed by atoms with E-state index in [2.05, 4.69) is 14.8 Å². The smallest absolute Gasteiger partial charge is 0.387 e. The Bertz CT molecular complexity index is 1700. The summed E-state index contributed by atoms with van der Waals surface area (Å²) in [5.74, 6) is -0.0907. The molecule has 0 aliphatic carbocycles. The maximum Gasteiger partial charge on any atom is 0.387 e. The van der Waals surface area contributed by atoms with Crippen molar-refractivity contribution in [3.63, 3.8) is 0 Å². The molecule has 0 saturated heterocycles. The number of halogens is 2. The second kappa shape index (κ2) is 8.25. The highest BCUT2D eigenvalue weighted by atomic mass is 32.2. The standard InChI is InChI=1S/C21H15F2N5O4S2/c1-26-10-11-9-13(5-8-15(11)25-26)28-18(29)16-17(24-20(33-16)34(2)31)27(21(28)30)12-3-6-14(7-4-12)32-19(22)23/h3-10,19H,1-2H3. The van der Waals surface area contributed by atoms with Gasteiger partial charge in [0.25, 0.3) is 5.56 Å². The predicted molar refractivity (Wildman–Crippen MR) is 124 cm³/mol. The maximum atomic E-state index is 13.6. The Morgan fingerprint density at radius 3 is 2.44 bits per heavy atom. The van der Waals surface area contributed by atoms with Crippen molar-refractivity contribution < 1.29 is 17.7 Å². The lowest BCUT2D eigenvalue weighted by Crippen LogP contribution is -2.38. The van der Waals surface area contributed by atoms with E-state index in [1.54, 1.807) is 36.1 Å². The van der Waals surface area contributed by atoms with Gasteiger partial charge in [0, 0.05) is 24.9 Å². The highest BCUT2D eigenvalue weighted by molar-refractivity contribution is 7.86. The van der Waals surface area contributed by atoms with Crippen LogP contribution in [0.5, 0.6) is 5.75 Å². The first-order valence-corrected chi connectivity index (χ1v) is 12.1. The number of aromatic nitrogens is 5. The molecule has 3 aromatic heterocycles. The fraction of sp³-hybridized carbons (Fsp3) is 0.143. The second-order valence-electron chi connectivity index (χ2n) is 7.26. The summed E-state index contributed by atoms with van der Waals surface area (Å²) in [5, 5.41) is 5.03. The zero-order valence-electron chi connectivity index (χ0n) is 17.6. The summed E-state index contributed by atoms with van der Waals surface area (Å²) in [6, 6.07) is 10.3. The highest BCUT2D eigenvalue weighted by Gasteiger charge is 2.21. The SMILES string of the molecule is Cn1cc2cc(-n3c(=O)c4sc(S(C)=O)nc4n(-c4ccc(OC(F)F)cc4)c3=O)ccc2n1. The van der Waals surface area contributed by atoms with E-state index < -0.39 is 28.7 Å². The third kappa shape index (κ3) is 3.72. The average Bonchev–Trinajstić information content (AvgIpc) is 3.38. The zero-order chi connectivity index (χ0) is 24.1. The number of hydrogen-bond donors (Lipinski definition) is 0. The summed E-state index contributed by atoms with van der Waals surface area (Å²) in [6.45, 7) is -3.00. The molecule has 0 bridgehead atoms. The Labute approximate surface area is 195 Å². The van der Waals surface area contributed by atoms with Crippen molar-refractivity contribution >= 4 is 43.4 Å². The number of thiazole rings is 1. The molecule has 174 valence electrons. The predicted octanol–water partition coefficient (Wildman–Crippen LogP) is 2.82. The minimum atomic E-state index is -3.00. The Balaban J connectivity index is 1.80. The average molecular weight is 504 g/mol. The molecule has 34 heavy (non-hydrogen) atoms. The van der Waals surface area contributed by atoms with Gasteiger partial charge in [-0.2, -0.15) is 13.9 Å². The molecule has 0 saturated carbocycles. The molecule has 0 amide bonds. The van der Waals surface area contributed by atoms with E-state index in [0.717, 1.165) is 21.3 Å². The van der Waals surface area contributed by atoms with Crippen molar-refractivity contribution in [1.82, 2.24) is 23.9 Å². The van der Waals surface area contributed by atoms with Crippen molar-refractivity contribution in [2.45, 2.75) is 11.0 Å². The van der Waals surface area contributed by atoms with Crippen LogP contribution in [0.2, 0.25) is 0 Å². The highest BCUT2D eigenvalue weighted by Crippen LogP contribution is 2.25. The van der Waals surface area contributed by atoms with Gasteiger partial charge in [-0.15, -0.1) is 0 Å². The topological polar surface area (TPSA) is 101 Å². The van der Waals surface area contributed by atoms with E-state index in [-0.39, 0.29) is 26.1 Å². The quantitative estimate of drug-likeness (QED) is 0.366. The molecule has 9 nitrogen and oxygen atoms in total. The summed E-state index contributed by atoms with van der Waals surface area (Å²) in [6.07, 6.45) is 3.18. The van der Waals surface area contributed by atoms with Gasteiger partial charge < -0.3 is 4.74 Å². The van der Waals surface area contributed by atoms with Crippen molar-refractivity contribution in [3.05, 3.63) is 69.5 Å². The molecular weight excluding hydrogens is 488 g/mol. The first-order valence-electron chi connectivity index (χ1n) is 9.74. The Morgan fingerprint density at radius 1 is 1.06 bits per heavy atom. The fourth-order valence-electron chi connectivity index (χ4n) is 3.60. The normalized spacial score (nSPS) is 12.6. The molecule has 0 fully saturated rings. The largest absolute Gasteiger partial charge is 0.435 e. The minimum Gasteiger partial charge on any atom is -0.435 e. The number of fused-ring (bicyclic) bond motifs is 2. The molecule has 0 radical (unpaired) electrons. The lowest BCUT2D eigenvalue weighted by atomic mass is 10.2. The van der Waals surface area contributed by atoms with Crippen molar-refractivity contribution in [1.29, 1.82) is 0 Å². The van der Waals surface area contributed by atoms with Crippen LogP contribution in [0.1, 0.15) is 0 Å². The van der Waals surface area contributed by atoms with Crippen LogP contribution in [0.15, 0.2) is 62.6 Å². The van der Waals surface area contributed by atoms with Crippen molar-refractivity contribution in [2.75, 3.05) is 6.26 Å². The number of hydrogen-bond acceptors (Lipinski definition) is 7. The molecular formula is C21H15F2N5O4S2. The van der Waals surface area contributed by atoms with Gasteiger partial charge in [-0.1, -0.05) is 11.3 Å². The fourth-order valence-corrected chi connectivity index (χ4v) is 5.25. The molecule has 0 N–H and O–H groups in total. The zero-order valence-corrected chi connectivity index (χ0v) is 19.3. The van der Waals surface area contributed by atoms with Crippen LogP contribution in [0, 0.1) is 0 Å². The first-order chi connectivity index (χ1) is 16.2. The maximum absolute atomic E-state index is 13.6. The van der Waals surface area contributed by atoms with Gasteiger partial charge in [-0.25, -0.2) is 18.9 Å². The molecule has 0 aliphatic heterocycles. The van der Waals surface area contributed by atoms with E-state index in [0.29, 0.717) is 11.2 Å². The Morgan fingerprint density at radius 2 is 1.76 bits per heavy atom. The van der Waals surface area contributed by atoms with Crippen LogP contribution < -0.4 is 16.0 Å². The van der Waals surface area contributed by atoms with Crippen molar-refractivity contribution in [3.8, 4) is 17.1 Å². The number of benzene rings is 2. The molecule has 5 aromatic rings. The molecule has 1 unspecified atom stereocenters. The van der Waals surface area contributed by atoms with Gasteiger partial charge in [0.05, 0.1) is 27.7 Å².